The molecule has 1 aromatic carbocycles. The maximum Gasteiger partial charge on any atom is 0.157 e. The maximum atomic E-state index is 13.7. The third-order valence-corrected chi connectivity index (χ3v) is 2.77. The molecule has 0 aliphatic rings. The lowest BCUT2D eigenvalue weighted by Gasteiger charge is -1.99. The van der Waals surface area contributed by atoms with E-state index in [2.05, 4.69) is 15.0 Å². The zero-order chi connectivity index (χ0) is 13.4. The molecule has 94 valence electrons. The number of hydrogen-bond donors (Lipinski definition) is 3. The minimum Gasteiger partial charge on any atom is -0.384 e. The van der Waals surface area contributed by atoms with Crippen molar-refractivity contribution < 1.29 is 4.39 Å². The number of nitrogen functional groups attached to an aromatic ring is 1. The summed E-state index contributed by atoms with van der Waals surface area (Å²) in [6.07, 6.45) is 1.66. The summed E-state index contributed by atoms with van der Waals surface area (Å²) in [5, 5.41) is 7.31. The van der Waals surface area contributed by atoms with Gasteiger partial charge in [-0.3, -0.25) is 10.4 Å². The highest BCUT2D eigenvalue weighted by Gasteiger charge is 2.11. The van der Waals surface area contributed by atoms with Crippen LogP contribution in [-0.2, 0) is 0 Å². The number of benzene rings is 1. The third kappa shape index (κ3) is 1.93. The van der Waals surface area contributed by atoms with E-state index in [4.69, 9.17) is 11.1 Å². The van der Waals surface area contributed by atoms with Crippen LogP contribution in [0.1, 0.15) is 5.56 Å². The predicted molar refractivity (Wildman–Crippen MR) is 70.3 cm³/mol. The lowest BCUT2D eigenvalue weighted by molar-refractivity contribution is 0.626. The van der Waals surface area contributed by atoms with Crippen molar-refractivity contribution in [3.8, 4) is 11.5 Å². The zero-order valence-corrected chi connectivity index (χ0v) is 9.81. The largest absolute Gasteiger partial charge is 0.384 e. The summed E-state index contributed by atoms with van der Waals surface area (Å²) in [6.45, 7) is 0. The number of rotatable bonds is 2. The number of amidine groups is 1. The Labute approximate surface area is 107 Å². The molecule has 5 nitrogen and oxygen atoms in total. The molecular weight excluding hydrogens is 245 g/mol. The van der Waals surface area contributed by atoms with Crippen molar-refractivity contribution in [2.45, 2.75) is 0 Å². The van der Waals surface area contributed by atoms with Crippen molar-refractivity contribution in [2.75, 3.05) is 0 Å². The van der Waals surface area contributed by atoms with Gasteiger partial charge in [-0.25, -0.2) is 9.37 Å². The van der Waals surface area contributed by atoms with Crippen molar-refractivity contribution >= 4 is 16.9 Å². The fraction of sp³-hybridized carbons (Fsp3) is 0. The van der Waals surface area contributed by atoms with Gasteiger partial charge in [0.2, 0.25) is 0 Å². The average molecular weight is 255 g/mol. The van der Waals surface area contributed by atoms with Gasteiger partial charge in [0, 0.05) is 12.3 Å². The Kier molecular flexibility index (Phi) is 2.49. The fourth-order valence-electron chi connectivity index (χ4n) is 1.86. The molecule has 0 saturated heterocycles. The van der Waals surface area contributed by atoms with Crippen molar-refractivity contribution in [2.24, 2.45) is 5.73 Å². The molecule has 0 radical (unpaired) electrons. The number of nitrogens with two attached hydrogens (primary N) is 1. The molecule has 3 rings (SSSR count). The van der Waals surface area contributed by atoms with Gasteiger partial charge in [-0.2, -0.15) is 0 Å². The number of imidazole rings is 1. The highest BCUT2D eigenvalue weighted by molar-refractivity contribution is 5.98. The number of hydrogen-bond acceptors (Lipinski definition) is 3. The Morgan fingerprint density at radius 3 is 2.84 bits per heavy atom. The minimum atomic E-state index is -0.545. The van der Waals surface area contributed by atoms with Gasteiger partial charge in [0.1, 0.15) is 17.3 Å². The van der Waals surface area contributed by atoms with Crippen molar-refractivity contribution in [1.82, 2.24) is 15.0 Å². The quantitative estimate of drug-likeness (QED) is 0.483. The Hall–Kier alpha value is -2.76. The number of aromatic nitrogens is 3. The standard InChI is InChI=1S/C13H10FN5/c14-8-6-11-10(5-7(8)12(15)16)18-13(19-11)9-3-1-2-4-17-9/h1-6H,(H3,15,16)(H,18,19). The number of halogens is 1. The van der Waals surface area contributed by atoms with E-state index in [9.17, 15) is 4.39 Å². The van der Waals surface area contributed by atoms with E-state index in [1.54, 1.807) is 18.3 Å². The molecule has 0 fully saturated rings. The zero-order valence-electron chi connectivity index (χ0n) is 9.81. The first kappa shape index (κ1) is 11.3. The highest BCUT2D eigenvalue weighted by Crippen LogP contribution is 2.21. The number of aromatic amines is 1. The smallest absolute Gasteiger partial charge is 0.157 e. The van der Waals surface area contributed by atoms with Crippen molar-refractivity contribution in [3.63, 3.8) is 0 Å². The molecule has 0 spiro atoms. The number of fused-ring (bicyclic) bond motifs is 1. The molecule has 2 heterocycles. The Bertz CT molecular complexity index is 763. The second-order valence-corrected chi connectivity index (χ2v) is 4.06. The first-order valence-electron chi connectivity index (χ1n) is 5.60. The summed E-state index contributed by atoms with van der Waals surface area (Å²) >= 11 is 0. The Morgan fingerprint density at radius 2 is 2.16 bits per heavy atom. The van der Waals surface area contributed by atoms with Crippen LogP contribution in [0.3, 0.4) is 0 Å². The molecule has 6 heteroatoms. The van der Waals surface area contributed by atoms with Gasteiger partial charge in [0.05, 0.1) is 16.6 Å². The van der Waals surface area contributed by atoms with Crippen LogP contribution in [-0.4, -0.2) is 20.8 Å². The van der Waals surface area contributed by atoms with E-state index >= 15 is 0 Å². The average Bonchev–Trinajstić information content (AvgIpc) is 2.81. The number of pyridine rings is 1. The van der Waals surface area contributed by atoms with E-state index in [-0.39, 0.29) is 11.4 Å². The van der Waals surface area contributed by atoms with Crippen LogP contribution >= 0.6 is 0 Å². The highest BCUT2D eigenvalue weighted by atomic mass is 19.1. The van der Waals surface area contributed by atoms with E-state index in [1.807, 2.05) is 6.07 Å². The molecule has 0 amide bonds. The van der Waals surface area contributed by atoms with Crippen molar-refractivity contribution in [1.29, 1.82) is 5.41 Å². The van der Waals surface area contributed by atoms with Gasteiger partial charge in [0.25, 0.3) is 0 Å². The van der Waals surface area contributed by atoms with E-state index in [0.29, 0.717) is 22.6 Å². The van der Waals surface area contributed by atoms with Crippen LogP contribution in [0.2, 0.25) is 0 Å². The van der Waals surface area contributed by atoms with E-state index in [0.717, 1.165) is 0 Å². The topological polar surface area (TPSA) is 91.4 Å². The molecule has 19 heavy (non-hydrogen) atoms. The molecule has 0 aliphatic heterocycles. The third-order valence-electron chi connectivity index (χ3n) is 2.77. The van der Waals surface area contributed by atoms with Crippen LogP contribution < -0.4 is 5.73 Å². The molecule has 0 aliphatic carbocycles. The summed E-state index contributed by atoms with van der Waals surface area (Å²) in [6, 6.07) is 8.19. The Morgan fingerprint density at radius 1 is 1.32 bits per heavy atom. The van der Waals surface area contributed by atoms with Gasteiger partial charge in [-0.1, -0.05) is 6.07 Å². The maximum absolute atomic E-state index is 13.7. The summed E-state index contributed by atoms with van der Waals surface area (Å²) in [5.74, 6) is -0.311. The van der Waals surface area contributed by atoms with E-state index in [1.165, 1.54) is 12.1 Å². The monoisotopic (exact) mass is 255 g/mol. The summed E-state index contributed by atoms with van der Waals surface area (Å²) in [5.41, 5.74) is 7.13. The van der Waals surface area contributed by atoms with Gasteiger partial charge in [0.15, 0.2) is 5.82 Å². The van der Waals surface area contributed by atoms with Crippen LogP contribution in [0, 0.1) is 11.2 Å². The molecule has 2 aromatic heterocycles. The van der Waals surface area contributed by atoms with Gasteiger partial charge < -0.3 is 10.7 Å². The minimum absolute atomic E-state index is 0.0478. The molecule has 4 N–H and O–H groups in total. The molecule has 0 saturated carbocycles. The lowest BCUT2D eigenvalue weighted by Crippen LogP contribution is -2.13. The second kappa shape index (κ2) is 4.16. The molecule has 0 atom stereocenters. The SMILES string of the molecule is N=C(N)c1cc2nc(-c3ccccn3)[nH]c2cc1F. The lowest BCUT2D eigenvalue weighted by atomic mass is 10.2. The van der Waals surface area contributed by atoms with Crippen molar-refractivity contribution in [3.05, 3.63) is 47.9 Å². The summed E-state index contributed by atoms with van der Waals surface area (Å²) in [7, 11) is 0. The first-order valence-corrected chi connectivity index (χ1v) is 5.60. The molecule has 3 aromatic rings. The summed E-state index contributed by atoms with van der Waals surface area (Å²) in [4.78, 5) is 11.5. The Balaban J connectivity index is 2.19. The number of H-pyrrole nitrogens is 1. The number of nitrogens with one attached hydrogen (secondary N) is 2. The predicted octanol–water partition coefficient (Wildman–Crippen LogP) is 2.05. The van der Waals surface area contributed by atoms with E-state index < -0.39 is 5.82 Å². The molecular formula is C13H10FN5. The molecule has 0 unspecified atom stereocenters. The number of nitrogens with zero attached hydrogens (tertiary/aromatic N) is 2. The summed E-state index contributed by atoms with van der Waals surface area (Å²) < 4.78 is 13.7. The second-order valence-electron chi connectivity index (χ2n) is 4.06. The fourth-order valence-corrected chi connectivity index (χ4v) is 1.86. The van der Waals surface area contributed by atoms with Crippen LogP contribution in [0.4, 0.5) is 4.39 Å². The first-order chi connectivity index (χ1) is 9.15. The normalized spacial score (nSPS) is 10.8. The van der Waals surface area contributed by atoms with Crippen LogP contribution in [0.5, 0.6) is 0 Å². The van der Waals surface area contributed by atoms with Gasteiger partial charge in [-0.05, 0) is 18.2 Å². The van der Waals surface area contributed by atoms with Crippen LogP contribution in [0.15, 0.2) is 36.5 Å². The van der Waals surface area contributed by atoms with Gasteiger partial charge in [-0.15, -0.1) is 0 Å². The van der Waals surface area contributed by atoms with Gasteiger partial charge >= 0.3 is 0 Å². The molecule has 0 bridgehead atoms. The van der Waals surface area contributed by atoms with Crippen LogP contribution in [0.25, 0.3) is 22.6 Å².